The topological polar surface area (TPSA) is 60.0 Å². The Morgan fingerprint density at radius 3 is 2.69 bits per heavy atom. The smallest absolute Gasteiger partial charge is 0.262 e. The van der Waals surface area contributed by atoms with Gasteiger partial charge in [-0.2, -0.15) is 0 Å². The predicted molar refractivity (Wildman–Crippen MR) is 111 cm³/mol. The Hall–Kier alpha value is -3.06. The van der Waals surface area contributed by atoms with Crippen molar-refractivity contribution in [3.8, 4) is 11.5 Å². The molecule has 1 fully saturated rings. The molecule has 0 saturated carbocycles. The standard InChI is InChI=1S/C22H25FN2O4/c1-3-4-16-5-8-20(21(13-16)27-2)29-15-22(26)24-17-6-7-19(18(23)14-17)25-9-11-28-12-10-25/h3-8,13-14H,9-12,15H2,1-2H3,(H,24,26)/b4-3+. The van der Waals surface area contributed by atoms with E-state index in [1.807, 2.05) is 36.1 Å². The fourth-order valence-corrected chi connectivity index (χ4v) is 3.09. The van der Waals surface area contributed by atoms with Crippen molar-refractivity contribution in [2.24, 2.45) is 0 Å². The number of anilines is 2. The van der Waals surface area contributed by atoms with E-state index in [9.17, 15) is 9.18 Å². The lowest BCUT2D eigenvalue weighted by atomic mass is 10.2. The zero-order valence-electron chi connectivity index (χ0n) is 16.6. The van der Waals surface area contributed by atoms with Gasteiger partial charge in [-0.25, -0.2) is 4.39 Å². The van der Waals surface area contributed by atoms with Crippen molar-refractivity contribution in [3.63, 3.8) is 0 Å². The van der Waals surface area contributed by atoms with Crippen LogP contribution in [0.5, 0.6) is 11.5 Å². The number of ether oxygens (including phenoxy) is 3. The largest absolute Gasteiger partial charge is 0.493 e. The molecule has 2 aromatic rings. The molecule has 1 saturated heterocycles. The highest BCUT2D eigenvalue weighted by Gasteiger charge is 2.16. The van der Waals surface area contributed by atoms with Crippen molar-refractivity contribution >= 4 is 23.4 Å². The summed E-state index contributed by atoms with van der Waals surface area (Å²) in [5.74, 6) is 0.231. The van der Waals surface area contributed by atoms with Crippen molar-refractivity contribution in [1.29, 1.82) is 0 Å². The Labute approximate surface area is 169 Å². The quantitative estimate of drug-likeness (QED) is 0.768. The van der Waals surface area contributed by atoms with Gasteiger partial charge in [0.15, 0.2) is 18.1 Å². The van der Waals surface area contributed by atoms with E-state index in [1.54, 1.807) is 25.3 Å². The average Bonchev–Trinajstić information content (AvgIpc) is 2.73. The van der Waals surface area contributed by atoms with Crippen LogP contribution < -0.4 is 19.7 Å². The second-order valence-electron chi connectivity index (χ2n) is 6.51. The Morgan fingerprint density at radius 1 is 1.21 bits per heavy atom. The van der Waals surface area contributed by atoms with Crippen molar-refractivity contribution in [2.75, 3.05) is 50.2 Å². The van der Waals surface area contributed by atoms with Crippen LogP contribution in [0.4, 0.5) is 15.8 Å². The molecule has 6 nitrogen and oxygen atoms in total. The molecule has 0 atom stereocenters. The van der Waals surface area contributed by atoms with Gasteiger partial charge in [0.1, 0.15) is 5.82 Å². The molecule has 0 radical (unpaired) electrons. The minimum Gasteiger partial charge on any atom is -0.493 e. The number of hydrogen-bond acceptors (Lipinski definition) is 5. The number of nitrogens with zero attached hydrogens (tertiary/aromatic N) is 1. The number of halogens is 1. The van der Waals surface area contributed by atoms with Gasteiger partial charge in [-0.3, -0.25) is 4.79 Å². The maximum atomic E-state index is 14.4. The number of nitrogens with one attached hydrogen (secondary N) is 1. The highest BCUT2D eigenvalue weighted by Crippen LogP contribution is 2.29. The molecule has 1 aliphatic heterocycles. The molecule has 1 heterocycles. The van der Waals surface area contributed by atoms with Gasteiger partial charge >= 0.3 is 0 Å². The summed E-state index contributed by atoms with van der Waals surface area (Å²) in [5, 5.41) is 2.65. The summed E-state index contributed by atoms with van der Waals surface area (Å²) in [4.78, 5) is 14.1. The summed E-state index contributed by atoms with van der Waals surface area (Å²) in [6.45, 7) is 4.16. The number of carbonyl (C=O) groups excluding carboxylic acids is 1. The summed E-state index contributed by atoms with van der Waals surface area (Å²) >= 11 is 0. The summed E-state index contributed by atoms with van der Waals surface area (Å²) in [6.07, 6.45) is 3.86. The number of rotatable bonds is 7. The molecular formula is C22H25FN2O4. The van der Waals surface area contributed by atoms with E-state index in [-0.39, 0.29) is 18.3 Å². The monoisotopic (exact) mass is 400 g/mol. The molecule has 7 heteroatoms. The molecule has 154 valence electrons. The summed E-state index contributed by atoms with van der Waals surface area (Å²) in [7, 11) is 1.54. The van der Waals surface area contributed by atoms with Gasteiger partial charge in [-0.15, -0.1) is 0 Å². The SMILES string of the molecule is C/C=C/c1ccc(OCC(=O)Nc2ccc(N3CCOCC3)c(F)c2)c(OC)c1. The number of methoxy groups -OCH3 is 1. The van der Waals surface area contributed by atoms with Crippen LogP contribution >= 0.6 is 0 Å². The molecule has 2 aromatic carbocycles. The van der Waals surface area contributed by atoms with E-state index >= 15 is 0 Å². The number of hydrogen-bond donors (Lipinski definition) is 1. The zero-order valence-corrected chi connectivity index (χ0v) is 16.6. The molecule has 3 rings (SSSR count). The molecule has 29 heavy (non-hydrogen) atoms. The van der Waals surface area contributed by atoms with Crippen LogP contribution in [0, 0.1) is 5.82 Å². The van der Waals surface area contributed by atoms with Gasteiger partial charge < -0.3 is 24.4 Å². The second kappa shape index (κ2) is 9.93. The van der Waals surface area contributed by atoms with E-state index in [0.717, 1.165) is 5.56 Å². The summed E-state index contributed by atoms with van der Waals surface area (Å²) in [6, 6.07) is 10.1. The van der Waals surface area contributed by atoms with Gasteiger partial charge in [0.25, 0.3) is 5.91 Å². The normalized spacial score (nSPS) is 14.1. The van der Waals surface area contributed by atoms with Gasteiger partial charge in [0, 0.05) is 18.8 Å². The first-order valence-corrected chi connectivity index (χ1v) is 9.46. The Bertz CT molecular complexity index is 879. The number of amides is 1. The third-order valence-electron chi connectivity index (χ3n) is 4.49. The molecule has 0 unspecified atom stereocenters. The first-order valence-electron chi connectivity index (χ1n) is 9.46. The van der Waals surface area contributed by atoms with Gasteiger partial charge in [0.05, 0.1) is 26.0 Å². The lowest BCUT2D eigenvalue weighted by molar-refractivity contribution is -0.118. The van der Waals surface area contributed by atoms with E-state index < -0.39 is 0 Å². The van der Waals surface area contributed by atoms with E-state index in [1.165, 1.54) is 6.07 Å². The fraction of sp³-hybridized carbons (Fsp3) is 0.318. The van der Waals surface area contributed by atoms with Crippen LogP contribution in [0.3, 0.4) is 0 Å². The van der Waals surface area contributed by atoms with Crippen molar-refractivity contribution in [3.05, 3.63) is 53.9 Å². The van der Waals surface area contributed by atoms with E-state index in [4.69, 9.17) is 14.2 Å². The maximum Gasteiger partial charge on any atom is 0.262 e. The molecule has 1 amide bonds. The number of morpholine rings is 1. The Kier molecular flexibility index (Phi) is 7.08. The number of allylic oxidation sites excluding steroid dienone is 1. The first-order chi connectivity index (χ1) is 14.1. The molecule has 0 bridgehead atoms. The van der Waals surface area contributed by atoms with Crippen LogP contribution in [0.2, 0.25) is 0 Å². The summed E-state index contributed by atoms with van der Waals surface area (Å²) in [5.41, 5.74) is 1.86. The highest BCUT2D eigenvalue weighted by atomic mass is 19.1. The minimum absolute atomic E-state index is 0.216. The van der Waals surface area contributed by atoms with Crippen molar-refractivity contribution in [2.45, 2.75) is 6.92 Å². The van der Waals surface area contributed by atoms with E-state index in [0.29, 0.717) is 49.2 Å². The molecule has 1 aliphatic rings. The lowest BCUT2D eigenvalue weighted by Crippen LogP contribution is -2.36. The van der Waals surface area contributed by atoms with Gasteiger partial charge in [-0.1, -0.05) is 18.2 Å². The van der Waals surface area contributed by atoms with Crippen LogP contribution in [-0.4, -0.2) is 45.9 Å². The molecule has 0 aliphatic carbocycles. The minimum atomic E-state index is -0.386. The van der Waals surface area contributed by atoms with Gasteiger partial charge in [0.2, 0.25) is 0 Å². The van der Waals surface area contributed by atoms with Crippen LogP contribution in [0.1, 0.15) is 12.5 Å². The zero-order chi connectivity index (χ0) is 20.6. The third kappa shape index (κ3) is 5.48. The number of benzene rings is 2. The Balaban J connectivity index is 1.59. The first kappa shape index (κ1) is 20.7. The third-order valence-corrected chi connectivity index (χ3v) is 4.49. The number of carbonyl (C=O) groups is 1. The summed E-state index contributed by atoms with van der Waals surface area (Å²) < 4.78 is 30.6. The Morgan fingerprint density at radius 2 is 2.00 bits per heavy atom. The highest BCUT2D eigenvalue weighted by molar-refractivity contribution is 5.92. The predicted octanol–water partition coefficient (Wildman–Crippen LogP) is 3.72. The van der Waals surface area contributed by atoms with Crippen LogP contribution in [0.15, 0.2) is 42.5 Å². The second-order valence-corrected chi connectivity index (χ2v) is 6.51. The molecular weight excluding hydrogens is 375 g/mol. The fourth-order valence-electron chi connectivity index (χ4n) is 3.09. The maximum absolute atomic E-state index is 14.4. The lowest BCUT2D eigenvalue weighted by Gasteiger charge is -2.29. The molecule has 1 N–H and O–H groups in total. The molecule has 0 spiro atoms. The molecule has 0 aromatic heterocycles. The van der Waals surface area contributed by atoms with Crippen molar-refractivity contribution < 1.29 is 23.4 Å². The van der Waals surface area contributed by atoms with E-state index in [2.05, 4.69) is 5.32 Å². The van der Waals surface area contributed by atoms with Crippen molar-refractivity contribution in [1.82, 2.24) is 0 Å². The average molecular weight is 400 g/mol. The van der Waals surface area contributed by atoms with Crippen LogP contribution in [0.25, 0.3) is 6.08 Å². The van der Waals surface area contributed by atoms with Crippen LogP contribution in [-0.2, 0) is 9.53 Å². The van der Waals surface area contributed by atoms with Gasteiger partial charge in [-0.05, 0) is 42.8 Å².